The van der Waals surface area contributed by atoms with Gasteiger partial charge in [0.05, 0.1) is 17.3 Å². The van der Waals surface area contributed by atoms with Crippen LogP contribution < -0.4 is 10.5 Å². The standard InChI is InChI=1S/C15H18N2OS/c1-9-7-10(2)14-11(8-9)18-6-4-12-15(14)17-13(19-12)3-5-16/h7-8H,3-6,16H2,1-2H3. The molecule has 100 valence electrons. The van der Waals surface area contributed by atoms with Gasteiger partial charge in [-0.15, -0.1) is 11.3 Å². The van der Waals surface area contributed by atoms with Gasteiger partial charge in [-0.1, -0.05) is 6.07 Å². The van der Waals surface area contributed by atoms with Crippen LogP contribution in [0, 0.1) is 13.8 Å². The Balaban J connectivity index is 2.18. The average molecular weight is 274 g/mol. The molecular formula is C15H18N2OS. The number of nitrogens with zero attached hydrogens (tertiary/aromatic N) is 1. The van der Waals surface area contributed by atoms with E-state index in [9.17, 15) is 0 Å². The molecule has 0 aliphatic carbocycles. The number of fused-ring (bicyclic) bond motifs is 3. The minimum absolute atomic E-state index is 0.655. The minimum atomic E-state index is 0.655. The SMILES string of the molecule is Cc1cc(C)c2c(c1)OCCc1sc(CCN)nc1-2. The Morgan fingerprint density at radius 2 is 2.21 bits per heavy atom. The molecule has 1 aliphatic rings. The molecule has 0 radical (unpaired) electrons. The van der Waals surface area contributed by atoms with Crippen LogP contribution in [0.15, 0.2) is 12.1 Å². The van der Waals surface area contributed by atoms with Crippen LogP contribution in [0.25, 0.3) is 11.3 Å². The zero-order valence-electron chi connectivity index (χ0n) is 11.3. The van der Waals surface area contributed by atoms with Gasteiger partial charge in [0.2, 0.25) is 0 Å². The summed E-state index contributed by atoms with van der Waals surface area (Å²) in [5, 5.41) is 1.14. The number of nitrogens with two attached hydrogens (primary N) is 1. The van der Waals surface area contributed by atoms with Crippen LogP contribution in [-0.2, 0) is 12.8 Å². The lowest BCUT2D eigenvalue weighted by Gasteiger charge is -2.11. The number of thiazole rings is 1. The molecule has 0 spiro atoms. The van der Waals surface area contributed by atoms with E-state index in [1.54, 1.807) is 11.3 Å². The van der Waals surface area contributed by atoms with E-state index in [0.29, 0.717) is 6.54 Å². The van der Waals surface area contributed by atoms with E-state index in [1.807, 2.05) is 0 Å². The predicted octanol–water partition coefficient (Wildman–Crippen LogP) is 2.86. The van der Waals surface area contributed by atoms with Gasteiger partial charge in [0.25, 0.3) is 0 Å². The molecular weight excluding hydrogens is 256 g/mol. The summed E-state index contributed by atoms with van der Waals surface area (Å²) >= 11 is 1.78. The van der Waals surface area contributed by atoms with Crippen LogP contribution in [0.4, 0.5) is 0 Å². The number of aryl methyl sites for hydroxylation is 2. The number of hydrogen-bond donors (Lipinski definition) is 1. The normalized spacial score (nSPS) is 13.4. The van der Waals surface area contributed by atoms with E-state index in [2.05, 4.69) is 26.0 Å². The van der Waals surface area contributed by atoms with Gasteiger partial charge in [-0.2, -0.15) is 0 Å². The highest BCUT2D eigenvalue weighted by Gasteiger charge is 2.22. The van der Waals surface area contributed by atoms with E-state index < -0.39 is 0 Å². The van der Waals surface area contributed by atoms with Crippen LogP contribution in [0.1, 0.15) is 21.0 Å². The summed E-state index contributed by atoms with van der Waals surface area (Å²) in [5.41, 5.74) is 10.4. The smallest absolute Gasteiger partial charge is 0.129 e. The van der Waals surface area contributed by atoms with Crippen molar-refractivity contribution < 1.29 is 4.74 Å². The van der Waals surface area contributed by atoms with E-state index in [-0.39, 0.29) is 0 Å². The van der Waals surface area contributed by atoms with Crippen LogP contribution >= 0.6 is 11.3 Å². The quantitative estimate of drug-likeness (QED) is 0.916. The lowest BCUT2D eigenvalue weighted by atomic mass is 10.0. The van der Waals surface area contributed by atoms with Crippen LogP contribution in [0.5, 0.6) is 5.75 Å². The number of aromatic nitrogens is 1. The first-order chi connectivity index (χ1) is 9.19. The Morgan fingerprint density at radius 3 is 3.00 bits per heavy atom. The summed E-state index contributed by atoms with van der Waals surface area (Å²) < 4.78 is 5.89. The summed E-state index contributed by atoms with van der Waals surface area (Å²) in [6, 6.07) is 4.30. The maximum Gasteiger partial charge on any atom is 0.129 e. The third-order valence-electron chi connectivity index (χ3n) is 3.37. The Labute approximate surface area is 117 Å². The molecule has 2 N–H and O–H groups in total. The largest absolute Gasteiger partial charge is 0.492 e. The summed E-state index contributed by atoms with van der Waals surface area (Å²) in [7, 11) is 0. The molecule has 3 rings (SSSR count). The highest BCUT2D eigenvalue weighted by molar-refractivity contribution is 7.12. The molecule has 2 heterocycles. The van der Waals surface area contributed by atoms with E-state index in [0.717, 1.165) is 41.5 Å². The van der Waals surface area contributed by atoms with Crippen LogP contribution in [0.3, 0.4) is 0 Å². The Morgan fingerprint density at radius 1 is 1.37 bits per heavy atom. The average Bonchev–Trinajstić information content (AvgIpc) is 2.64. The monoisotopic (exact) mass is 274 g/mol. The van der Waals surface area contributed by atoms with Gasteiger partial charge in [-0.3, -0.25) is 0 Å². The van der Waals surface area contributed by atoms with Gasteiger partial charge in [-0.25, -0.2) is 4.98 Å². The Kier molecular flexibility index (Phi) is 3.29. The van der Waals surface area contributed by atoms with Crippen molar-refractivity contribution in [3.05, 3.63) is 33.1 Å². The Bertz CT molecular complexity index is 619. The summed E-state index contributed by atoms with van der Waals surface area (Å²) in [5.74, 6) is 0.973. The van der Waals surface area contributed by atoms with Gasteiger partial charge in [0.15, 0.2) is 0 Å². The highest BCUT2D eigenvalue weighted by Crippen LogP contribution is 2.40. The van der Waals surface area contributed by atoms with Crippen molar-refractivity contribution in [2.75, 3.05) is 13.2 Å². The van der Waals surface area contributed by atoms with Crippen molar-refractivity contribution in [1.29, 1.82) is 0 Å². The number of rotatable bonds is 2. The van der Waals surface area contributed by atoms with Crippen molar-refractivity contribution >= 4 is 11.3 Å². The van der Waals surface area contributed by atoms with Crippen LogP contribution in [0.2, 0.25) is 0 Å². The molecule has 0 saturated carbocycles. The summed E-state index contributed by atoms with van der Waals surface area (Å²) in [6.45, 7) is 5.62. The maximum atomic E-state index is 5.89. The highest BCUT2D eigenvalue weighted by atomic mass is 32.1. The number of hydrogen-bond acceptors (Lipinski definition) is 4. The second-order valence-electron chi connectivity index (χ2n) is 4.97. The van der Waals surface area contributed by atoms with E-state index in [1.165, 1.54) is 16.0 Å². The zero-order chi connectivity index (χ0) is 13.4. The summed E-state index contributed by atoms with van der Waals surface area (Å²) in [4.78, 5) is 6.12. The van der Waals surface area contributed by atoms with Gasteiger partial charge in [-0.05, 0) is 37.6 Å². The van der Waals surface area contributed by atoms with Gasteiger partial charge in [0.1, 0.15) is 5.75 Å². The van der Waals surface area contributed by atoms with E-state index >= 15 is 0 Å². The van der Waals surface area contributed by atoms with Crippen LogP contribution in [-0.4, -0.2) is 18.1 Å². The van der Waals surface area contributed by atoms with Crippen molar-refractivity contribution in [2.45, 2.75) is 26.7 Å². The van der Waals surface area contributed by atoms with Crippen molar-refractivity contribution in [3.63, 3.8) is 0 Å². The molecule has 0 fully saturated rings. The third kappa shape index (κ3) is 2.26. The van der Waals surface area contributed by atoms with Gasteiger partial charge >= 0.3 is 0 Å². The zero-order valence-corrected chi connectivity index (χ0v) is 12.1. The Hall–Kier alpha value is -1.39. The van der Waals surface area contributed by atoms with Crippen molar-refractivity contribution in [2.24, 2.45) is 5.73 Å². The maximum absolute atomic E-state index is 5.89. The lowest BCUT2D eigenvalue weighted by Crippen LogP contribution is -2.02. The fourth-order valence-corrected chi connectivity index (χ4v) is 3.67. The second kappa shape index (κ2) is 4.94. The fourth-order valence-electron chi connectivity index (χ4n) is 2.60. The molecule has 1 aromatic heterocycles. The fraction of sp³-hybridized carbons (Fsp3) is 0.400. The topological polar surface area (TPSA) is 48.1 Å². The molecule has 0 bridgehead atoms. The molecule has 3 nitrogen and oxygen atoms in total. The first-order valence-corrected chi connectivity index (χ1v) is 7.43. The van der Waals surface area contributed by atoms with Crippen molar-refractivity contribution in [1.82, 2.24) is 4.98 Å². The third-order valence-corrected chi connectivity index (χ3v) is 4.54. The second-order valence-corrected chi connectivity index (χ2v) is 6.14. The lowest BCUT2D eigenvalue weighted by molar-refractivity contribution is 0.327. The van der Waals surface area contributed by atoms with Gasteiger partial charge < -0.3 is 10.5 Å². The molecule has 1 aliphatic heterocycles. The van der Waals surface area contributed by atoms with Gasteiger partial charge in [0, 0.05) is 23.3 Å². The molecule has 0 amide bonds. The molecule has 0 saturated heterocycles. The molecule has 4 heteroatoms. The first kappa shape index (κ1) is 12.6. The molecule has 1 aromatic carbocycles. The number of benzene rings is 1. The molecule has 0 unspecified atom stereocenters. The first-order valence-electron chi connectivity index (χ1n) is 6.62. The molecule has 0 atom stereocenters. The number of ether oxygens (including phenoxy) is 1. The molecule has 2 aromatic rings. The minimum Gasteiger partial charge on any atom is -0.492 e. The van der Waals surface area contributed by atoms with E-state index in [4.69, 9.17) is 15.5 Å². The van der Waals surface area contributed by atoms with Crippen molar-refractivity contribution in [3.8, 4) is 17.0 Å². The summed E-state index contributed by atoms with van der Waals surface area (Å²) in [6.07, 6.45) is 1.80. The predicted molar refractivity (Wildman–Crippen MR) is 79.0 cm³/mol. The molecule has 19 heavy (non-hydrogen) atoms.